The number of imidazole rings is 1. The number of H-pyrrole nitrogens is 1. The highest BCUT2D eigenvalue weighted by atomic mass is 35.5. The molecule has 5 nitrogen and oxygen atoms in total. The molecule has 2 aromatic heterocycles. The van der Waals surface area contributed by atoms with Crippen molar-refractivity contribution < 1.29 is 5.11 Å². The maximum absolute atomic E-state index is 11.9. The van der Waals surface area contributed by atoms with Gasteiger partial charge in [-0.25, -0.2) is 4.79 Å². The van der Waals surface area contributed by atoms with Gasteiger partial charge in [0.15, 0.2) is 5.75 Å². The van der Waals surface area contributed by atoms with Crippen LogP contribution in [-0.4, -0.2) is 19.6 Å². The van der Waals surface area contributed by atoms with Gasteiger partial charge >= 0.3 is 5.69 Å². The molecular weight excluding hydrogens is 349 g/mol. The van der Waals surface area contributed by atoms with Crippen LogP contribution in [0.4, 0.5) is 0 Å². The van der Waals surface area contributed by atoms with Crippen molar-refractivity contribution in [2.45, 2.75) is 0 Å². The second-order valence-electron chi connectivity index (χ2n) is 5.53. The zero-order valence-electron chi connectivity index (χ0n) is 12.5. The second-order valence-corrected chi connectivity index (χ2v) is 6.34. The van der Waals surface area contributed by atoms with Crippen LogP contribution in [0.5, 0.6) is 5.75 Å². The lowest BCUT2D eigenvalue weighted by Gasteiger charge is -2.08. The molecule has 0 saturated carbocycles. The van der Waals surface area contributed by atoms with Crippen LogP contribution in [0.15, 0.2) is 41.3 Å². The molecule has 2 aromatic carbocycles. The third-order valence-corrected chi connectivity index (χ3v) is 4.67. The molecule has 0 aliphatic carbocycles. The average molecular weight is 360 g/mol. The topological polar surface area (TPSA) is 70.9 Å². The average Bonchev–Trinajstić information content (AvgIpc) is 2.87. The van der Waals surface area contributed by atoms with Crippen molar-refractivity contribution in [2.24, 2.45) is 7.05 Å². The number of rotatable bonds is 1. The summed E-state index contributed by atoms with van der Waals surface area (Å²) in [5, 5.41) is 10.9. The van der Waals surface area contributed by atoms with Gasteiger partial charge in [0.1, 0.15) is 0 Å². The van der Waals surface area contributed by atoms with Crippen LogP contribution in [0.1, 0.15) is 0 Å². The summed E-state index contributed by atoms with van der Waals surface area (Å²) in [4.78, 5) is 19.1. The first-order chi connectivity index (χ1) is 11.5. The minimum atomic E-state index is -0.194. The van der Waals surface area contributed by atoms with Gasteiger partial charge in [-0.1, -0.05) is 29.3 Å². The van der Waals surface area contributed by atoms with Gasteiger partial charge in [-0.3, -0.25) is 9.55 Å². The molecule has 0 aliphatic rings. The Labute approximate surface area is 146 Å². The van der Waals surface area contributed by atoms with E-state index in [-0.39, 0.29) is 21.5 Å². The Morgan fingerprint density at radius 1 is 1.12 bits per heavy atom. The quantitative estimate of drug-likeness (QED) is 0.537. The van der Waals surface area contributed by atoms with Crippen LogP contribution in [-0.2, 0) is 7.05 Å². The fourth-order valence-electron chi connectivity index (χ4n) is 2.78. The van der Waals surface area contributed by atoms with Crippen LogP contribution in [0.3, 0.4) is 0 Å². The van der Waals surface area contributed by atoms with Crippen LogP contribution in [0.2, 0.25) is 10.0 Å². The molecule has 0 atom stereocenters. The van der Waals surface area contributed by atoms with Gasteiger partial charge in [0, 0.05) is 12.4 Å². The van der Waals surface area contributed by atoms with E-state index in [1.54, 1.807) is 25.4 Å². The molecule has 0 spiro atoms. The molecule has 0 radical (unpaired) electrons. The molecule has 0 saturated heterocycles. The molecule has 0 amide bonds. The van der Waals surface area contributed by atoms with Crippen molar-refractivity contribution in [3.63, 3.8) is 0 Å². The first kappa shape index (κ1) is 15.1. The lowest BCUT2D eigenvalue weighted by Crippen LogP contribution is -2.11. The van der Waals surface area contributed by atoms with E-state index in [4.69, 9.17) is 23.2 Å². The van der Waals surface area contributed by atoms with Gasteiger partial charge < -0.3 is 10.1 Å². The summed E-state index contributed by atoms with van der Waals surface area (Å²) >= 11 is 12.0. The summed E-state index contributed by atoms with van der Waals surface area (Å²) in [6.07, 6.45) is 1.67. The minimum absolute atomic E-state index is 0.140. The molecule has 0 bridgehead atoms. The highest BCUT2D eigenvalue weighted by Gasteiger charge is 2.12. The summed E-state index contributed by atoms with van der Waals surface area (Å²) < 4.78 is 1.52. The summed E-state index contributed by atoms with van der Waals surface area (Å²) in [6, 6.07) is 8.96. The highest BCUT2D eigenvalue weighted by molar-refractivity contribution is 6.37. The summed E-state index contributed by atoms with van der Waals surface area (Å²) in [5.74, 6) is -0.140. The van der Waals surface area contributed by atoms with Crippen molar-refractivity contribution in [1.29, 1.82) is 0 Å². The van der Waals surface area contributed by atoms with E-state index in [0.29, 0.717) is 0 Å². The molecule has 7 heteroatoms. The molecule has 4 rings (SSSR count). The number of aromatic hydroxyl groups is 1. The molecule has 0 fully saturated rings. The number of hydrogen-bond acceptors (Lipinski definition) is 3. The van der Waals surface area contributed by atoms with E-state index < -0.39 is 0 Å². The van der Waals surface area contributed by atoms with Gasteiger partial charge in [0.25, 0.3) is 0 Å². The van der Waals surface area contributed by atoms with E-state index in [1.165, 1.54) is 4.57 Å². The minimum Gasteiger partial charge on any atom is -0.505 e. The molecular formula is C17H11Cl2N3O2. The van der Waals surface area contributed by atoms with Gasteiger partial charge in [0.2, 0.25) is 0 Å². The predicted molar refractivity (Wildman–Crippen MR) is 96.0 cm³/mol. The summed E-state index contributed by atoms with van der Waals surface area (Å²) in [7, 11) is 1.69. The standard InChI is InChI=1S/C17H11Cl2N3O2/c1-22-14-7-20-13-3-2-8(4-10(13)15(14)21-17(22)24)9-5-11(18)16(23)12(19)6-9/h2-7,23H,1H3,(H,21,24). The number of aryl methyl sites for hydroxylation is 1. The van der Waals surface area contributed by atoms with Gasteiger partial charge in [-0.05, 0) is 35.4 Å². The normalized spacial score (nSPS) is 11.5. The van der Waals surface area contributed by atoms with Crippen molar-refractivity contribution in [3.05, 3.63) is 57.1 Å². The molecule has 0 aliphatic heterocycles. The monoisotopic (exact) mass is 359 g/mol. The van der Waals surface area contributed by atoms with Crippen LogP contribution in [0, 0.1) is 0 Å². The lowest BCUT2D eigenvalue weighted by atomic mass is 10.0. The summed E-state index contributed by atoms with van der Waals surface area (Å²) in [6.45, 7) is 0. The number of nitrogens with one attached hydrogen (secondary N) is 1. The Bertz CT molecular complexity index is 1150. The van der Waals surface area contributed by atoms with Crippen molar-refractivity contribution >= 4 is 45.1 Å². The molecule has 0 unspecified atom stereocenters. The zero-order chi connectivity index (χ0) is 17.0. The molecule has 120 valence electrons. The fraction of sp³-hybridized carbons (Fsp3) is 0.0588. The van der Waals surface area contributed by atoms with Crippen molar-refractivity contribution in [1.82, 2.24) is 14.5 Å². The number of phenols is 1. The van der Waals surface area contributed by atoms with Crippen LogP contribution >= 0.6 is 23.2 Å². The number of pyridine rings is 1. The number of halogens is 2. The Kier molecular flexibility index (Phi) is 3.30. The van der Waals surface area contributed by atoms with Gasteiger partial charge in [-0.15, -0.1) is 0 Å². The van der Waals surface area contributed by atoms with E-state index in [2.05, 4.69) is 9.97 Å². The number of nitrogens with zero attached hydrogens (tertiary/aromatic N) is 2. The van der Waals surface area contributed by atoms with Crippen molar-refractivity contribution in [3.8, 4) is 16.9 Å². The smallest absolute Gasteiger partial charge is 0.326 e. The number of hydrogen-bond donors (Lipinski definition) is 2. The zero-order valence-corrected chi connectivity index (χ0v) is 14.0. The number of phenolic OH excluding ortho intramolecular Hbond substituents is 1. The summed E-state index contributed by atoms with van der Waals surface area (Å²) in [5.41, 5.74) is 3.64. The van der Waals surface area contributed by atoms with E-state index in [1.807, 2.05) is 18.2 Å². The molecule has 2 N–H and O–H groups in total. The molecule has 4 aromatic rings. The lowest BCUT2D eigenvalue weighted by molar-refractivity contribution is 0.476. The maximum atomic E-state index is 11.9. The second kappa shape index (κ2) is 5.26. The van der Waals surface area contributed by atoms with Crippen molar-refractivity contribution in [2.75, 3.05) is 0 Å². The maximum Gasteiger partial charge on any atom is 0.326 e. The number of aromatic nitrogens is 3. The third kappa shape index (κ3) is 2.17. The molecule has 24 heavy (non-hydrogen) atoms. The van der Waals surface area contributed by atoms with Gasteiger partial charge in [0.05, 0.1) is 32.8 Å². The predicted octanol–water partition coefficient (Wildman–Crippen LogP) is 4.09. The number of aromatic amines is 1. The van der Waals surface area contributed by atoms with E-state index in [0.717, 1.165) is 33.1 Å². The first-order valence-corrected chi connectivity index (χ1v) is 7.87. The Hall–Kier alpha value is -2.50. The SMILES string of the molecule is Cn1c(=O)[nH]c2c3cc(-c4cc(Cl)c(O)c(Cl)c4)ccc3ncc21. The Balaban J connectivity index is 2.03. The van der Waals surface area contributed by atoms with E-state index in [9.17, 15) is 9.90 Å². The number of benzene rings is 2. The first-order valence-electron chi connectivity index (χ1n) is 7.11. The Morgan fingerprint density at radius 2 is 1.83 bits per heavy atom. The molecule has 2 heterocycles. The number of fused-ring (bicyclic) bond motifs is 3. The highest BCUT2D eigenvalue weighted by Crippen LogP contribution is 2.37. The van der Waals surface area contributed by atoms with Crippen LogP contribution in [0.25, 0.3) is 33.1 Å². The largest absolute Gasteiger partial charge is 0.505 e. The Morgan fingerprint density at radius 3 is 2.54 bits per heavy atom. The fourth-order valence-corrected chi connectivity index (χ4v) is 3.27. The third-order valence-electron chi connectivity index (χ3n) is 4.10. The van der Waals surface area contributed by atoms with Gasteiger partial charge in [-0.2, -0.15) is 0 Å². The van der Waals surface area contributed by atoms with Crippen LogP contribution < -0.4 is 5.69 Å². The van der Waals surface area contributed by atoms with E-state index >= 15 is 0 Å².